The Morgan fingerprint density at radius 1 is 0.931 bits per heavy atom. The average Bonchev–Trinajstić information content (AvgIpc) is 2.66. The summed E-state index contributed by atoms with van der Waals surface area (Å²) in [5.41, 5.74) is 2.56. The van der Waals surface area contributed by atoms with Gasteiger partial charge in [0.25, 0.3) is 0 Å². The predicted octanol–water partition coefficient (Wildman–Crippen LogP) is 5.16. The Morgan fingerprint density at radius 3 is 1.90 bits per heavy atom. The van der Waals surface area contributed by atoms with Crippen molar-refractivity contribution in [1.82, 2.24) is 5.32 Å². The maximum absolute atomic E-state index is 12.1. The summed E-state index contributed by atoms with van der Waals surface area (Å²) in [4.78, 5) is 12.1. The van der Waals surface area contributed by atoms with E-state index in [2.05, 4.69) is 17.5 Å². The summed E-state index contributed by atoms with van der Waals surface area (Å²) in [6.07, 6.45) is 1.04. The number of carbonyl (C=O) groups is 1. The van der Waals surface area contributed by atoms with E-state index in [1.807, 2.05) is 48.5 Å². The van der Waals surface area contributed by atoms with Crippen LogP contribution in [-0.4, -0.2) is 17.2 Å². The molecule has 29 heavy (non-hydrogen) atoms. The lowest BCUT2D eigenvalue weighted by molar-refractivity contribution is 0.0487. The highest BCUT2D eigenvalue weighted by molar-refractivity contribution is 5.69. The second kappa shape index (κ2) is 9.26. The lowest BCUT2D eigenvalue weighted by Crippen LogP contribution is -2.48. The number of hydrogen-bond donors (Lipinski definition) is 1. The number of rotatable bonds is 6. The van der Waals surface area contributed by atoms with Crippen LogP contribution in [-0.2, 0) is 17.6 Å². The minimum absolute atomic E-state index is 0.371. The van der Waals surface area contributed by atoms with Crippen molar-refractivity contribution in [1.29, 1.82) is 10.5 Å². The first-order valence-corrected chi connectivity index (χ1v) is 9.62. The van der Waals surface area contributed by atoms with Crippen molar-refractivity contribution in [2.75, 3.05) is 0 Å². The van der Waals surface area contributed by atoms with E-state index in [1.165, 1.54) is 0 Å². The summed E-state index contributed by atoms with van der Waals surface area (Å²) in [6, 6.07) is 20.4. The summed E-state index contributed by atoms with van der Waals surface area (Å²) < 4.78 is 5.27. The molecule has 1 unspecified atom stereocenters. The molecule has 0 aliphatic heterocycles. The zero-order valence-corrected chi connectivity index (χ0v) is 17.5. The third kappa shape index (κ3) is 6.97. The number of nitrogens with one attached hydrogen (secondary N) is 1. The van der Waals surface area contributed by atoms with Gasteiger partial charge < -0.3 is 10.1 Å². The Balaban J connectivity index is 2.06. The third-order valence-electron chi connectivity index (χ3n) is 4.35. The normalized spacial score (nSPS) is 12.9. The first kappa shape index (κ1) is 22.0. The van der Waals surface area contributed by atoms with E-state index in [0.717, 1.165) is 28.7 Å². The van der Waals surface area contributed by atoms with Crippen LogP contribution < -0.4 is 5.32 Å². The molecular weight excluding hydrogens is 362 g/mol. The van der Waals surface area contributed by atoms with E-state index in [1.54, 1.807) is 27.7 Å². The van der Waals surface area contributed by atoms with Crippen LogP contribution >= 0.6 is 0 Å². The quantitative estimate of drug-likeness (QED) is 0.739. The van der Waals surface area contributed by atoms with Gasteiger partial charge in [0, 0.05) is 12.8 Å². The molecule has 0 heterocycles. The zero-order valence-electron chi connectivity index (χ0n) is 17.5. The summed E-state index contributed by atoms with van der Waals surface area (Å²) in [5.74, 6) is 0. The molecule has 0 aliphatic rings. The Bertz CT molecular complexity index is 913. The number of aryl methyl sites for hydroxylation is 1. The molecule has 1 atom stereocenters. The number of benzene rings is 2. The largest absolute Gasteiger partial charge is 0.444 e. The molecule has 2 aromatic carbocycles. The van der Waals surface area contributed by atoms with Crippen molar-refractivity contribution in [2.45, 2.75) is 58.1 Å². The van der Waals surface area contributed by atoms with Crippen molar-refractivity contribution in [2.24, 2.45) is 0 Å². The van der Waals surface area contributed by atoms with E-state index in [9.17, 15) is 10.1 Å². The molecule has 150 valence electrons. The Kier molecular flexibility index (Phi) is 7.02. The van der Waals surface area contributed by atoms with E-state index in [-0.39, 0.29) is 0 Å². The molecular formula is C24H27N3O2. The second-order valence-corrected chi connectivity index (χ2v) is 8.30. The van der Waals surface area contributed by atoms with E-state index < -0.39 is 17.2 Å². The maximum atomic E-state index is 12.1. The van der Waals surface area contributed by atoms with Crippen LogP contribution in [0.1, 0.15) is 45.2 Å². The van der Waals surface area contributed by atoms with Gasteiger partial charge in [-0.1, -0.05) is 48.5 Å². The van der Waals surface area contributed by atoms with Gasteiger partial charge in [0.05, 0.1) is 12.1 Å². The molecule has 1 N–H and O–H groups in total. The van der Waals surface area contributed by atoms with Crippen LogP contribution in [0.15, 0.2) is 48.5 Å². The molecule has 1 amide bonds. The monoisotopic (exact) mass is 389 g/mol. The van der Waals surface area contributed by atoms with Crippen LogP contribution in [0, 0.1) is 22.7 Å². The second-order valence-electron chi connectivity index (χ2n) is 8.30. The number of nitrogens with zero attached hydrogens (tertiary/aromatic N) is 2. The van der Waals surface area contributed by atoms with Crippen molar-refractivity contribution in [3.63, 3.8) is 0 Å². The van der Waals surface area contributed by atoms with E-state index in [4.69, 9.17) is 10.00 Å². The molecule has 5 nitrogen and oxygen atoms in total. The number of nitriles is 2. The molecule has 0 fully saturated rings. The summed E-state index contributed by atoms with van der Waals surface area (Å²) in [7, 11) is 0. The predicted molar refractivity (Wildman–Crippen MR) is 113 cm³/mol. The average molecular weight is 389 g/mol. The Labute approximate surface area is 172 Å². The molecule has 2 rings (SSSR count). The van der Waals surface area contributed by atoms with Gasteiger partial charge in [0.1, 0.15) is 11.1 Å². The van der Waals surface area contributed by atoms with Crippen LogP contribution in [0.25, 0.3) is 11.1 Å². The fourth-order valence-electron chi connectivity index (χ4n) is 2.93. The van der Waals surface area contributed by atoms with E-state index in [0.29, 0.717) is 12.8 Å². The van der Waals surface area contributed by atoms with E-state index >= 15 is 0 Å². The van der Waals surface area contributed by atoms with Crippen LogP contribution in [0.5, 0.6) is 0 Å². The highest BCUT2D eigenvalue weighted by atomic mass is 16.6. The zero-order chi connectivity index (χ0) is 21.5. The highest BCUT2D eigenvalue weighted by Crippen LogP contribution is 2.22. The van der Waals surface area contributed by atoms with Gasteiger partial charge in [-0.25, -0.2) is 4.79 Å². The minimum atomic E-state index is -1.06. The molecule has 0 aliphatic carbocycles. The van der Waals surface area contributed by atoms with Crippen molar-refractivity contribution in [3.05, 3.63) is 59.7 Å². The fourth-order valence-corrected chi connectivity index (χ4v) is 2.93. The maximum Gasteiger partial charge on any atom is 0.408 e. The molecule has 0 saturated carbocycles. The third-order valence-corrected chi connectivity index (χ3v) is 4.35. The summed E-state index contributed by atoms with van der Waals surface area (Å²) in [6.45, 7) is 7.03. The molecule has 5 heteroatoms. The molecule has 0 spiro atoms. The molecule has 0 bridgehead atoms. The molecule has 0 aromatic heterocycles. The van der Waals surface area contributed by atoms with Gasteiger partial charge in [-0.05, 0) is 56.4 Å². The standard InChI is InChI=1S/C24H27N3O2/c1-23(2,3)29-22(28)27-24(4,17-26)16-19-9-13-21(14-10-19)20-11-7-18(8-12-20)6-5-15-25/h7-14H,5-6,16H2,1-4H3,(H,27,28). The topological polar surface area (TPSA) is 85.9 Å². The van der Waals surface area contributed by atoms with Gasteiger partial charge in [0.15, 0.2) is 0 Å². The van der Waals surface area contributed by atoms with Crippen molar-refractivity contribution < 1.29 is 9.53 Å². The van der Waals surface area contributed by atoms with Gasteiger partial charge in [-0.3, -0.25) is 0 Å². The van der Waals surface area contributed by atoms with Gasteiger partial charge in [-0.15, -0.1) is 0 Å². The summed E-state index contributed by atoms with van der Waals surface area (Å²) in [5, 5.41) is 20.9. The van der Waals surface area contributed by atoms with Crippen molar-refractivity contribution in [3.8, 4) is 23.3 Å². The fraction of sp³-hybridized carbons (Fsp3) is 0.375. The first-order valence-electron chi connectivity index (χ1n) is 9.62. The SMILES string of the molecule is CC(C#N)(Cc1ccc(-c2ccc(CCC#N)cc2)cc1)NC(=O)OC(C)(C)C. The number of hydrogen-bond acceptors (Lipinski definition) is 4. The van der Waals surface area contributed by atoms with Gasteiger partial charge >= 0.3 is 6.09 Å². The minimum Gasteiger partial charge on any atom is -0.444 e. The first-order chi connectivity index (χ1) is 13.6. The Hall–Kier alpha value is -3.31. The smallest absolute Gasteiger partial charge is 0.408 e. The van der Waals surface area contributed by atoms with Gasteiger partial charge in [-0.2, -0.15) is 10.5 Å². The van der Waals surface area contributed by atoms with Gasteiger partial charge in [0.2, 0.25) is 0 Å². The number of ether oxygens (including phenoxy) is 1. The lowest BCUT2D eigenvalue weighted by Gasteiger charge is -2.26. The van der Waals surface area contributed by atoms with Crippen LogP contribution in [0.4, 0.5) is 4.79 Å². The molecule has 0 radical (unpaired) electrons. The van der Waals surface area contributed by atoms with Crippen LogP contribution in [0.3, 0.4) is 0 Å². The molecule has 2 aromatic rings. The van der Waals surface area contributed by atoms with Crippen LogP contribution in [0.2, 0.25) is 0 Å². The lowest BCUT2D eigenvalue weighted by atomic mass is 9.93. The summed E-state index contributed by atoms with van der Waals surface area (Å²) >= 11 is 0. The highest BCUT2D eigenvalue weighted by Gasteiger charge is 2.29. The van der Waals surface area contributed by atoms with Crippen molar-refractivity contribution >= 4 is 6.09 Å². The number of alkyl carbamates (subject to hydrolysis) is 1. The Morgan fingerprint density at radius 2 is 1.45 bits per heavy atom. The number of amides is 1. The molecule has 0 saturated heterocycles. The number of carbonyl (C=O) groups excluding carboxylic acids is 1.